The van der Waals surface area contributed by atoms with Gasteiger partial charge in [-0.25, -0.2) is 0 Å². The Kier molecular flexibility index (Phi) is 8.83. The molecule has 0 heterocycles. The molecule has 126 valence electrons. The van der Waals surface area contributed by atoms with Crippen LogP contribution in [-0.2, 0) is 9.53 Å². The van der Waals surface area contributed by atoms with E-state index in [1.807, 2.05) is 0 Å². The summed E-state index contributed by atoms with van der Waals surface area (Å²) < 4.78 is 5.47. The van der Waals surface area contributed by atoms with Gasteiger partial charge in [-0.2, -0.15) is 0 Å². The van der Waals surface area contributed by atoms with Crippen molar-refractivity contribution >= 4 is 18.3 Å². The topological polar surface area (TPSA) is 64.3 Å². The van der Waals surface area contributed by atoms with Crippen molar-refractivity contribution in [1.29, 1.82) is 0 Å². The lowest BCUT2D eigenvalue weighted by atomic mass is 9.71. The molecule has 1 fully saturated rings. The number of hydrogen-bond acceptors (Lipinski definition) is 3. The van der Waals surface area contributed by atoms with E-state index in [0.717, 1.165) is 12.8 Å². The highest BCUT2D eigenvalue weighted by atomic mass is 35.5. The Labute approximate surface area is 136 Å². The third-order valence-corrected chi connectivity index (χ3v) is 4.62. The number of halogens is 1. The van der Waals surface area contributed by atoms with Gasteiger partial charge in [0.2, 0.25) is 5.91 Å². The zero-order valence-corrected chi connectivity index (χ0v) is 14.9. The van der Waals surface area contributed by atoms with Crippen molar-refractivity contribution in [3.8, 4) is 0 Å². The van der Waals surface area contributed by atoms with Crippen LogP contribution in [0.2, 0.25) is 0 Å². The minimum atomic E-state index is 0. The molecule has 0 aliphatic heterocycles. The number of ether oxygens (including phenoxy) is 1. The molecule has 0 radical (unpaired) electrons. The Morgan fingerprint density at radius 3 is 2.29 bits per heavy atom. The second-order valence-corrected chi connectivity index (χ2v) is 7.34. The van der Waals surface area contributed by atoms with Gasteiger partial charge < -0.3 is 15.8 Å². The van der Waals surface area contributed by atoms with Crippen molar-refractivity contribution in [3.63, 3.8) is 0 Å². The minimum Gasteiger partial charge on any atom is -0.379 e. The van der Waals surface area contributed by atoms with Crippen LogP contribution in [0.3, 0.4) is 0 Å². The second kappa shape index (κ2) is 8.96. The molecule has 1 rings (SSSR count). The monoisotopic (exact) mass is 320 g/mol. The number of methoxy groups -OCH3 is 1. The van der Waals surface area contributed by atoms with Crippen LogP contribution in [-0.4, -0.2) is 32.2 Å². The highest BCUT2D eigenvalue weighted by Crippen LogP contribution is 2.38. The van der Waals surface area contributed by atoms with E-state index in [2.05, 4.69) is 26.1 Å². The molecule has 0 aromatic rings. The quantitative estimate of drug-likeness (QED) is 0.791. The van der Waals surface area contributed by atoms with Crippen molar-refractivity contribution in [2.75, 3.05) is 20.2 Å². The van der Waals surface area contributed by atoms with Gasteiger partial charge in [-0.3, -0.25) is 4.79 Å². The van der Waals surface area contributed by atoms with Gasteiger partial charge in [0.05, 0.1) is 6.10 Å². The fourth-order valence-electron chi connectivity index (χ4n) is 3.11. The molecule has 3 N–H and O–H groups in total. The molecule has 0 spiro atoms. The highest BCUT2D eigenvalue weighted by Gasteiger charge is 2.33. The molecule has 0 saturated heterocycles. The predicted octanol–water partition coefficient (Wildman–Crippen LogP) is 2.88. The van der Waals surface area contributed by atoms with Crippen LogP contribution in [0.15, 0.2) is 0 Å². The van der Waals surface area contributed by atoms with E-state index in [4.69, 9.17) is 10.5 Å². The fraction of sp³-hybridized carbons (Fsp3) is 0.938. The summed E-state index contributed by atoms with van der Waals surface area (Å²) in [6.07, 6.45) is 6.45. The molecule has 5 heteroatoms. The predicted molar refractivity (Wildman–Crippen MR) is 89.7 cm³/mol. The van der Waals surface area contributed by atoms with Crippen molar-refractivity contribution in [2.45, 2.75) is 65.4 Å². The fourth-order valence-corrected chi connectivity index (χ4v) is 3.11. The van der Waals surface area contributed by atoms with Gasteiger partial charge in [0.25, 0.3) is 0 Å². The normalized spacial score (nSPS) is 19.5. The lowest BCUT2D eigenvalue weighted by Crippen LogP contribution is -2.43. The summed E-state index contributed by atoms with van der Waals surface area (Å²) in [5.74, 6) is 0.114. The number of hydrogen-bond donors (Lipinski definition) is 2. The summed E-state index contributed by atoms with van der Waals surface area (Å²) in [5.41, 5.74) is 5.99. The van der Waals surface area contributed by atoms with E-state index in [1.54, 1.807) is 7.11 Å². The molecule has 1 amide bonds. The summed E-state index contributed by atoms with van der Waals surface area (Å²) >= 11 is 0. The van der Waals surface area contributed by atoms with E-state index in [9.17, 15) is 4.79 Å². The smallest absolute Gasteiger partial charge is 0.220 e. The molecule has 1 aliphatic rings. The number of carbonyl (C=O) groups excluding carboxylic acids is 1. The first-order chi connectivity index (χ1) is 9.33. The molecule has 1 atom stereocenters. The van der Waals surface area contributed by atoms with E-state index < -0.39 is 0 Å². The molecule has 4 nitrogen and oxygen atoms in total. The van der Waals surface area contributed by atoms with Crippen LogP contribution in [0.5, 0.6) is 0 Å². The average molecular weight is 321 g/mol. The molecular weight excluding hydrogens is 288 g/mol. The largest absolute Gasteiger partial charge is 0.379 e. The van der Waals surface area contributed by atoms with E-state index in [-0.39, 0.29) is 35.2 Å². The van der Waals surface area contributed by atoms with Gasteiger partial charge in [-0.15, -0.1) is 12.4 Å². The van der Waals surface area contributed by atoms with Crippen LogP contribution in [0.25, 0.3) is 0 Å². The van der Waals surface area contributed by atoms with Gasteiger partial charge in [-0.1, -0.05) is 40.0 Å². The second-order valence-electron chi connectivity index (χ2n) is 7.34. The Morgan fingerprint density at radius 1 is 1.29 bits per heavy atom. The van der Waals surface area contributed by atoms with Crippen molar-refractivity contribution in [1.82, 2.24) is 5.32 Å². The first-order valence-electron chi connectivity index (χ1n) is 7.82. The van der Waals surface area contributed by atoms with Crippen molar-refractivity contribution in [2.24, 2.45) is 16.6 Å². The zero-order chi connectivity index (χ0) is 15.2. The lowest BCUT2D eigenvalue weighted by molar-refractivity contribution is -0.124. The molecule has 1 aliphatic carbocycles. The van der Waals surface area contributed by atoms with E-state index in [0.29, 0.717) is 19.5 Å². The summed E-state index contributed by atoms with van der Waals surface area (Å²) in [4.78, 5) is 12.2. The molecule has 1 unspecified atom stereocenters. The van der Waals surface area contributed by atoms with Gasteiger partial charge in [0.1, 0.15) is 0 Å². The number of carbonyl (C=O) groups is 1. The summed E-state index contributed by atoms with van der Waals surface area (Å²) in [7, 11) is 1.70. The van der Waals surface area contributed by atoms with Crippen LogP contribution in [0, 0.1) is 10.8 Å². The summed E-state index contributed by atoms with van der Waals surface area (Å²) in [5, 5.41) is 3.03. The zero-order valence-electron chi connectivity index (χ0n) is 14.0. The third kappa shape index (κ3) is 6.54. The summed E-state index contributed by atoms with van der Waals surface area (Å²) in [6, 6.07) is 0. The molecule has 0 aromatic heterocycles. The van der Waals surface area contributed by atoms with Crippen LogP contribution in [0.1, 0.15) is 59.3 Å². The van der Waals surface area contributed by atoms with Gasteiger partial charge in [0.15, 0.2) is 0 Å². The van der Waals surface area contributed by atoms with E-state index >= 15 is 0 Å². The number of nitrogens with one attached hydrogen (secondary N) is 1. The number of amides is 1. The molecule has 1 saturated carbocycles. The third-order valence-electron chi connectivity index (χ3n) is 4.62. The number of rotatable bonds is 6. The van der Waals surface area contributed by atoms with E-state index in [1.165, 1.54) is 19.3 Å². The highest BCUT2D eigenvalue weighted by molar-refractivity contribution is 5.85. The van der Waals surface area contributed by atoms with Gasteiger partial charge >= 0.3 is 0 Å². The van der Waals surface area contributed by atoms with Crippen molar-refractivity contribution in [3.05, 3.63) is 0 Å². The molecular formula is C16H33ClN2O2. The molecule has 0 bridgehead atoms. The lowest BCUT2D eigenvalue weighted by Gasteiger charge is -2.36. The maximum Gasteiger partial charge on any atom is 0.220 e. The SMILES string of the molecule is COC(CNC(=O)CC1(CN)CCCCC1)C(C)(C)C.Cl. The maximum atomic E-state index is 12.2. The number of nitrogens with two attached hydrogens (primary N) is 1. The van der Waals surface area contributed by atoms with Crippen LogP contribution >= 0.6 is 12.4 Å². The molecule has 21 heavy (non-hydrogen) atoms. The van der Waals surface area contributed by atoms with Crippen LogP contribution < -0.4 is 11.1 Å². The Morgan fingerprint density at radius 2 is 1.86 bits per heavy atom. The van der Waals surface area contributed by atoms with Gasteiger partial charge in [0, 0.05) is 20.1 Å². The first kappa shape index (κ1) is 20.7. The standard InChI is InChI=1S/C16H32N2O2.ClH/c1-15(2,3)13(20-4)11-18-14(19)10-16(12-17)8-6-5-7-9-16;/h13H,5-12,17H2,1-4H3,(H,18,19);1H. The average Bonchev–Trinajstić information content (AvgIpc) is 2.39. The Bertz CT molecular complexity index is 310. The van der Waals surface area contributed by atoms with Crippen molar-refractivity contribution < 1.29 is 9.53 Å². The minimum absolute atomic E-state index is 0. The Balaban J connectivity index is 0.00000400. The summed E-state index contributed by atoms with van der Waals surface area (Å²) in [6.45, 7) is 7.55. The Hall–Kier alpha value is -0.320. The molecule has 0 aromatic carbocycles. The van der Waals surface area contributed by atoms with Crippen LogP contribution in [0.4, 0.5) is 0 Å². The first-order valence-corrected chi connectivity index (χ1v) is 7.82. The maximum absolute atomic E-state index is 12.2. The van der Waals surface area contributed by atoms with Gasteiger partial charge in [-0.05, 0) is 30.2 Å².